The maximum atomic E-state index is 12.7. The van der Waals surface area contributed by atoms with Crippen molar-refractivity contribution in [2.45, 2.75) is 84.6 Å². The van der Waals surface area contributed by atoms with Gasteiger partial charge >= 0.3 is 6.03 Å². The average Bonchev–Trinajstić information content (AvgIpc) is 2.69. The highest BCUT2D eigenvalue weighted by Gasteiger charge is 2.26. The van der Waals surface area contributed by atoms with Crippen LogP contribution in [0.4, 0.5) is 4.79 Å². The lowest BCUT2D eigenvalue weighted by Gasteiger charge is -2.35. The fourth-order valence-electron chi connectivity index (χ4n) is 3.70. The number of rotatable bonds is 9. The summed E-state index contributed by atoms with van der Waals surface area (Å²) in [7, 11) is 0. The number of hydrogen-bond donors (Lipinski definition) is 2. The third kappa shape index (κ3) is 8.05. The van der Waals surface area contributed by atoms with E-state index in [9.17, 15) is 9.59 Å². The van der Waals surface area contributed by atoms with Crippen molar-refractivity contribution in [3.63, 3.8) is 0 Å². The van der Waals surface area contributed by atoms with E-state index >= 15 is 0 Å². The average molecular weight is 404 g/mol. The smallest absolute Gasteiger partial charge is 0.315 e. The summed E-state index contributed by atoms with van der Waals surface area (Å²) in [5, 5.41) is 5.88. The van der Waals surface area contributed by atoms with Crippen molar-refractivity contribution in [2.75, 3.05) is 13.1 Å². The van der Waals surface area contributed by atoms with Gasteiger partial charge in [0.2, 0.25) is 0 Å². The largest absolute Gasteiger partial charge is 0.372 e. The summed E-state index contributed by atoms with van der Waals surface area (Å²) in [4.78, 5) is 26.6. The number of carbonyl (C=O) groups excluding carboxylic acids is 2. The predicted molar refractivity (Wildman–Crippen MR) is 116 cm³/mol. The van der Waals surface area contributed by atoms with Crippen LogP contribution in [0.2, 0.25) is 0 Å². The number of unbranched alkanes of at least 4 members (excludes halogenated alkanes) is 3. The molecule has 0 radical (unpaired) electrons. The van der Waals surface area contributed by atoms with Crippen molar-refractivity contribution in [2.24, 2.45) is 0 Å². The molecule has 2 rings (SSSR count). The molecule has 1 heterocycles. The van der Waals surface area contributed by atoms with Gasteiger partial charge in [-0.15, -0.1) is 0 Å². The lowest BCUT2D eigenvalue weighted by molar-refractivity contribution is -0.0586. The first-order valence-electron chi connectivity index (χ1n) is 11.0. The fourth-order valence-corrected chi connectivity index (χ4v) is 3.70. The van der Waals surface area contributed by atoms with Crippen LogP contribution in [0.3, 0.4) is 0 Å². The minimum Gasteiger partial charge on any atom is -0.372 e. The topological polar surface area (TPSA) is 70.7 Å². The van der Waals surface area contributed by atoms with Gasteiger partial charge in [-0.2, -0.15) is 0 Å². The first-order chi connectivity index (χ1) is 13.9. The standard InChI is InChI=1S/C23H37N3O3/c1-5-6-7-8-9-17(2)25-23(28)24-14-20-10-12-21(13-11-20)22(27)26-15-18(3)29-19(4)16-26/h10-13,17-19H,5-9,14-16H2,1-4H3,(H2,24,25,28). The molecule has 3 atom stereocenters. The van der Waals surface area contributed by atoms with Gasteiger partial charge in [0.25, 0.3) is 5.91 Å². The lowest BCUT2D eigenvalue weighted by atomic mass is 10.1. The van der Waals surface area contributed by atoms with E-state index < -0.39 is 0 Å². The summed E-state index contributed by atoms with van der Waals surface area (Å²) in [6.45, 7) is 9.88. The molecule has 2 N–H and O–H groups in total. The maximum Gasteiger partial charge on any atom is 0.315 e. The minimum atomic E-state index is -0.149. The zero-order valence-electron chi connectivity index (χ0n) is 18.4. The van der Waals surface area contributed by atoms with Crippen LogP contribution in [-0.2, 0) is 11.3 Å². The van der Waals surface area contributed by atoms with E-state index in [0.29, 0.717) is 25.2 Å². The Morgan fingerprint density at radius 3 is 2.38 bits per heavy atom. The van der Waals surface area contributed by atoms with Crippen molar-refractivity contribution in [1.82, 2.24) is 15.5 Å². The first kappa shape index (κ1) is 23.2. The van der Waals surface area contributed by atoms with Gasteiger partial charge in [-0.3, -0.25) is 4.79 Å². The van der Waals surface area contributed by atoms with E-state index in [2.05, 4.69) is 17.6 Å². The molecule has 0 aliphatic carbocycles. The summed E-state index contributed by atoms with van der Waals surface area (Å²) in [5.74, 6) is 0.0288. The van der Waals surface area contributed by atoms with Crippen LogP contribution in [0.25, 0.3) is 0 Å². The zero-order valence-corrected chi connectivity index (χ0v) is 18.4. The third-order valence-corrected chi connectivity index (χ3v) is 5.23. The molecule has 1 aromatic carbocycles. The highest BCUT2D eigenvalue weighted by molar-refractivity contribution is 5.94. The number of nitrogens with zero attached hydrogens (tertiary/aromatic N) is 1. The van der Waals surface area contributed by atoms with Crippen molar-refractivity contribution < 1.29 is 14.3 Å². The molecule has 1 aliphatic heterocycles. The molecule has 1 saturated heterocycles. The number of nitrogens with one attached hydrogen (secondary N) is 2. The van der Waals surface area contributed by atoms with Gasteiger partial charge in [0.1, 0.15) is 0 Å². The SMILES string of the molecule is CCCCCCC(C)NC(=O)NCc1ccc(C(=O)N2CC(C)OC(C)C2)cc1. The molecule has 162 valence electrons. The van der Waals surface area contributed by atoms with Gasteiger partial charge in [0.15, 0.2) is 0 Å². The van der Waals surface area contributed by atoms with E-state index in [1.54, 1.807) is 0 Å². The Hall–Kier alpha value is -2.08. The molecule has 0 aromatic heterocycles. The van der Waals surface area contributed by atoms with E-state index in [1.165, 1.54) is 19.3 Å². The second-order valence-electron chi connectivity index (χ2n) is 8.24. The van der Waals surface area contributed by atoms with Crippen LogP contribution in [0, 0.1) is 0 Å². The van der Waals surface area contributed by atoms with E-state index in [1.807, 2.05) is 49.9 Å². The van der Waals surface area contributed by atoms with Crippen molar-refractivity contribution in [3.8, 4) is 0 Å². The fraction of sp³-hybridized carbons (Fsp3) is 0.652. The summed E-state index contributed by atoms with van der Waals surface area (Å²) >= 11 is 0. The van der Waals surface area contributed by atoms with Gasteiger partial charge in [-0.25, -0.2) is 4.79 Å². The molecule has 6 heteroatoms. The number of ether oxygens (including phenoxy) is 1. The second kappa shape index (κ2) is 11.8. The molecule has 1 fully saturated rings. The van der Waals surface area contributed by atoms with Gasteiger partial charge in [0, 0.05) is 31.2 Å². The van der Waals surface area contributed by atoms with E-state index in [0.717, 1.165) is 18.4 Å². The summed E-state index contributed by atoms with van der Waals surface area (Å²) < 4.78 is 5.70. The van der Waals surface area contributed by atoms with Crippen LogP contribution >= 0.6 is 0 Å². The van der Waals surface area contributed by atoms with E-state index in [4.69, 9.17) is 4.74 Å². The number of amides is 3. The van der Waals surface area contributed by atoms with Gasteiger partial charge in [-0.1, -0.05) is 44.7 Å². The van der Waals surface area contributed by atoms with E-state index in [-0.39, 0.29) is 30.2 Å². The van der Waals surface area contributed by atoms with Crippen LogP contribution in [0.15, 0.2) is 24.3 Å². The predicted octanol–water partition coefficient (Wildman–Crippen LogP) is 4.09. The zero-order chi connectivity index (χ0) is 21.2. The Kier molecular flexibility index (Phi) is 9.45. The molecule has 0 bridgehead atoms. The van der Waals surface area contributed by atoms with Gasteiger partial charge in [0.05, 0.1) is 12.2 Å². The van der Waals surface area contributed by atoms with Crippen LogP contribution in [0.1, 0.15) is 75.7 Å². The lowest BCUT2D eigenvalue weighted by Crippen LogP contribution is -2.48. The number of hydrogen-bond acceptors (Lipinski definition) is 3. The molecular formula is C23H37N3O3. The highest BCUT2D eigenvalue weighted by Crippen LogP contribution is 2.15. The molecular weight excluding hydrogens is 366 g/mol. The maximum absolute atomic E-state index is 12.7. The Balaban J connectivity index is 1.75. The van der Waals surface area contributed by atoms with Crippen molar-refractivity contribution in [1.29, 1.82) is 0 Å². The second-order valence-corrected chi connectivity index (χ2v) is 8.24. The molecule has 3 amide bonds. The van der Waals surface area contributed by atoms with Crippen molar-refractivity contribution in [3.05, 3.63) is 35.4 Å². The summed E-state index contributed by atoms with van der Waals surface area (Å²) in [6, 6.07) is 7.48. The van der Waals surface area contributed by atoms with Crippen LogP contribution in [0.5, 0.6) is 0 Å². The first-order valence-corrected chi connectivity index (χ1v) is 11.0. The number of urea groups is 1. The quantitative estimate of drug-likeness (QED) is 0.610. The Bertz CT molecular complexity index is 637. The minimum absolute atomic E-state index is 0.0288. The molecule has 0 spiro atoms. The number of morpholine rings is 1. The number of benzene rings is 1. The molecule has 1 aromatic rings. The molecule has 0 saturated carbocycles. The van der Waals surface area contributed by atoms with Crippen LogP contribution < -0.4 is 10.6 Å². The molecule has 3 unspecified atom stereocenters. The summed E-state index contributed by atoms with van der Waals surface area (Å²) in [6.07, 6.45) is 5.95. The highest BCUT2D eigenvalue weighted by atomic mass is 16.5. The normalized spacial score (nSPS) is 20.2. The Morgan fingerprint density at radius 1 is 1.10 bits per heavy atom. The monoisotopic (exact) mass is 403 g/mol. The molecule has 1 aliphatic rings. The van der Waals surface area contributed by atoms with Gasteiger partial charge < -0.3 is 20.3 Å². The molecule has 6 nitrogen and oxygen atoms in total. The third-order valence-electron chi connectivity index (χ3n) is 5.23. The summed E-state index contributed by atoms with van der Waals surface area (Å²) in [5.41, 5.74) is 1.64. The van der Waals surface area contributed by atoms with Crippen molar-refractivity contribution >= 4 is 11.9 Å². The Labute approximate surface area is 175 Å². The van der Waals surface area contributed by atoms with Gasteiger partial charge in [-0.05, 0) is 44.9 Å². The molecule has 29 heavy (non-hydrogen) atoms. The Morgan fingerprint density at radius 2 is 1.76 bits per heavy atom. The number of carbonyl (C=O) groups is 2. The van der Waals surface area contributed by atoms with Crippen LogP contribution in [-0.4, -0.2) is 48.2 Å².